The number of nitrogens with one attached hydrogen (secondary N) is 3. The molecule has 0 aromatic heterocycles. The van der Waals surface area contributed by atoms with Crippen LogP contribution in [0.4, 0.5) is 0 Å². The van der Waals surface area contributed by atoms with E-state index in [1.54, 1.807) is 20.9 Å². The number of hydrogen-bond donors (Lipinski definition) is 3. The number of amides is 3. The van der Waals surface area contributed by atoms with Crippen LogP contribution in [0, 0.1) is 5.92 Å². The van der Waals surface area contributed by atoms with Gasteiger partial charge in [0.25, 0.3) is 0 Å². The molecule has 0 spiro atoms. The van der Waals surface area contributed by atoms with Gasteiger partial charge in [0.2, 0.25) is 17.7 Å². The van der Waals surface area contributed by atoms with E-state index in [1.165, 1.54) is 6.92 Å². The average Bonchev–Trinajstić information content (AvgIpc) is 2.35. The van der Waals surface area contributed by atoms with Crippen molar-refractivity contribution < 1.29 is 18.7 Å². The Balaban J connectivity index is -0.000000540. The van der Waals surface area contributed by atoms with Crippen molar-refractivity contribution >= 4 is 17.7 Å². The zero-order valence-electron chi connectivity index (χ0n) is 12.2. The van der Waals surface area contributed by atoms with Crippen LogP contribution in [0.1, 0.15) is 44.3 Å². The molecule has 0 fully saturated rings. The van der Waals surface area contributed by atoms with Gasteiger partial charge in [0, 0.05) is 30.7 Å². The van der Waals surface area contributed by atoms with E-state index in [1.807, 2.05) is 0 Å². The number of hydrogen-bond acceptors (Lipinski definition) is 3. The van der Waals surface area contributed by atoms with Gasteiger partial charge in [-0.3, -0.25) is 14.4 Å². The van der Waals surface area contributed by atoms with E-state index in [4.69, 9.17) is 0 Å². The summed E-state index contributed by atoms with van der Waals surface area (Å²) in [6.45, 7) is 5.63. The minimum atomic E-state index is -0.503. The van der Waals surface area contributed by atoms with Crippen LogP contribution >= 0.6 is 0 Å². The Labute approximate surface area is 119 Å². The van der Waals surface area contributed by atoms with Crippen molar-refractivity contribution in [3.63, 3.8) is 0 Å². The molecule has 0 aliphatic carbocycles. The average molecular weight is 277 g/mol. The van der Waals surface area contributed by atoms with Gasteiger partial charge in [0.1, 0.15) is 6.04 Å². The highest BCUT2D eigenvalue weighted by atomic mass is 16.2. The first kappa shape index (κ1) is 17.4. The Morgan fingerprint density at radius 3 is 2.21 bits per heavy atom. The maximum absolute atomic E-state index is 11.6. The summed E-state index contributed by atoms with van der Waals surface area (Å²) in [5.74, 6) is -0.522. The predicted octanol–water partition coefficient (Wildman–Crippen LogP) is 0.918. The van der Waals surface area contributed by atoms with Gasteiger partial charge in [0.15, 0.2) is 0 Å². The number of carbonyl (C=O) groups excluding carboxylic acids is 3. The maximum Gasteiger partial charge on any atom is 0.242 e. The highest BCUT2D eigenvalue weighted by Crippen LogP contribution is 2.03. The van der Waals surface area contributed by atoms with Crippen LogP contribution in [-0.2, 0) is 14.4 Å². The Hall–Kier alpha value is -1.59. The second-order valence-electron chi connectivity index (χ2n) is 4.81. The Morgan fingerprint density at radius 2 is 1.74 bits per heavy atom. The quantitative estimate of drug-likeness (QED) is 0.576. The lowest BCUT2D eigenvalue weighted by atomic mass is 10.1. The van der Waals surface area contributed by atoms with E-state index >= 15 is 0 Å². The first-order valence-electron chi connectivity index (χ1n) is 6.64. The summed E-state index contributed by atoms with van der Waals surface area (Å²) in [5, 5.41) is 7.97. The van der Waals surface area contributed by atoms with Gasteiger partial charge >= 0.3 is 0 Å². The minimum absolute atomic E-state index is 0. The van der Waals surface area contributed by atoms with E-state index in [9.17, 15) is 14.4 Å². The molecule has 0 rings (SSSR count). The monoisotopic (exact) mass is 277 g/mol. The van der Waals surface area contributed by atoms with Crippen molar-refractivity contribution in [2.75, 3.05) is 13.6 Å². The van der Waals surface area contributed by atoms with E-state index in [0.29, 0.717) is 13.0 Å². The zero-order chi connectivity index (χ0) is 14.8. The molecule has 116 valence electrons. The third-order valence-corrected chi connectivity index (χ3v) is 2.70. The molecule has 0 unspecified atom stereocenters. The Bertz CT molecular complexity index is 329. The van der Waals surface area contributed by atoms with Crippen LogP contribution < -0.4 is 16.0 Å². The van der Waals surface area contributed by atoms with Crippen LogP contribution in [-0.4, -0.2) is 37.4 Å². The van der Waals surface area contributed by atoms with Gasteiger partial charge in [-0.25, -0.2) is 0 Å². The van der Waals surface area contributed by atoms with Crippen LogP contribution in [0.25, 0.3) is 0 Å². The molecule has 6 nitrogen and oxygen atoms in total. The van der Waals surface area contributed by atoms with Crippen LogP contribution in [0.15, 0.2) is 0 Å². The molecule has 0 aliphatic rings. The van der Waals surface area contributed by atoms with Crippen LogP contribution in [0.5, 0.6) is 0 Å². The number of carbonyl (C=O) groups is 3. The van der Waals surface area contributed by atoms with Crippen molar-refractivity contribution in [2.45, 2.75) is 46.1 Å². The molecule has 6 heteroatoms. The van der Waals surface area contributed by atoms with E-state index in [2.05, 4.69) is 16.0 Å². The molecule has 0 aromatic rings. The van der Waals surface area contributed by atoms with Crippen LogP contribution in [0.3, 0.4) is 0 Å². The summed E-state index contributed by atoms with van der Waals surface area (Å²) >= 11 is 0. The van der Waals surface area contributed by atoms with Gasteiger partial charge in [-0.05, 0) is 19.3 Å². The molecule has 0 aromatic carbocycles. The van der Waals surface area contributed by atoms with Crippen molar-refractivity contribution in [3.8, 4) is 0 Å². The molecule has 3 N–H and O–H groups in total. The lowest BCUT2D eigenvalue weighted by molar-refractivity contribution is -0.130. The standard InChI is InChI=1S/C13H25N3O3.3H2/c1-9(2)12(18)16-11(13(19)14-4)7-5-6-8-15-10(3)17;;;/h9,11H,5-8H2,1-4H3,(H,14,19)(H,15,17)(H,16,18);3*1H/t11-;;;/m0.../s1. The molecule has 0 aliphatic heterocycles. The molecule has 19 heavy (non-hydrogen) atoms. The van der Waals surface area contributed by atoms with Gasteiger partial charge < -0.3 is 16.0 Å². The summed E-state index contributed by atoms with van der Waals surface area (Å²) in [4.78, 5) is 33.9. The SMILES string of the molecule is CNC(=O)[C@H](CCCCNC(C)=O)NC(=O)C(C)C.[HH].[HH].[HH]. The second-order valence-corrected chi connectivity index (χ2v) is 4.81. The Kier molecular flexibility index (Phi) is 8.57. The van der Waals surface area contributed by atoms with Gasteiger partial charge in [-0.2, -0.15) is 0 Å². The fourth-order valence-corrected chi connectivity index (χ4v) is 1.52. The molecule has 3 amide bonds. The van der Waals surface area contributed by atoms with Gasteiger partial charge in [0.05, 0.1) is 0 Å². The predicted molar refractivity (Wildman–Crippen MR) is 79.7 cm³/mol. The number of likely N-dealkylation sites (N-methyl/N-ethyl adjacent to an activating group) is 1. The maximum atomic E-state index is 11.6. The zero-order valence-corrected chi connectivity index (χ0v) is 12.2. The van der Waals surface area contributed by atoms with E-state index in [-0.39, 0.29) is 27.9 Å². The van der Waals surface area contributed by atoms with Gasteiger partial charge in [-0.15, -0.1) is 0 Å². The van der Waals surface area contributed by atoms with Crippen molar-refractivity contribution in [1.82, 2.24) is 16.0 Å². The summed E-state index contributed by atoms with van der Waals surface area (Å²) in [5.41, 5.74) is 0. The molecule has 0 heterocycles. The van der Waals surface area contributed by atoms with E-state index < -0.39 is 6.04 Å². The summed E-state index contributed by atoms with van der Waals surface area (Å²) < 4.78 is 0. The highest BCUT2D eigenvalue weighted by molar-refractivity contribution is 5.88. The molecule has 1 atom stereocenters. The number of unbranched alkanes of at least 4 members (excludes halogenated alkanes) is 1. The van der Waals surface area contributed by atoms with Crippen molar-refractivity contribution in [1.29, 1.82) is 0 Å². The third-order valence-electron chi connectivity index (χ3n) is 2.70. The van der Waals surface area contributed by atoms with Crippen molar-refractivity contribution in [2.24, 2.45) is 5.92 Å². The second kappa shape index (κ2) is 9.35. The fourth-order valence-electron chi connectivity index (χ4n) is 1.52. The van der Waals surface area contributed by atoms with E-state index in [0.717, 1.165) is 12.8 Å². The first-order valence-corrected chi connectivity index (χ1v) is 6.64. The first-order chi connectivity index (χ1) is 8.88. The van der Waals surface area contributed by atoms with Crippen LogP contribution in [0.2, 0.25) is 0 Å². The van der Waals surface area contributed by atoms with Crippen molar-refractivity contribution in [3.05, 3.63) is 0 Å². The van der Waals surface area contributed by atoms with Gasteiger partial charge in [-0.1, -0.05) is 13.8 Å². The third kappa shape index (κ3) is 8.18. The molecular weight excluding hydrogens is 246 g/mol. The number of rotatable bonds is 8. The largest absolute Gasteiger partial charge is 0.357 e. The summed E-state index contributed by atoms with van der Waals surface area (Å²) in [7, 11) is 1.55. The molecule has 0 bridgehead atoms. The highest BCUT2D eigenvalue weighted by Gasteiger charge is 2.20. The molecular formula is C13H31N3O3. The normalized spacial score (nSPS) is 11.8. The summed E-state index contributed by atoms with van der Waals surface area (Å²) in [6, 6.07) is -0.503. The molecule has 0 saturated heterocycles. The topological polar surface area (TPSA) is 87.3 Å². The lowest BCUT2D eigenvalue weighted by Gasteiger charge is -2.18. The molecule has 0 saturated carbocycles. The molecule has 0 radical (unpaired) electrons. The fraction of sp³-hybridized carbons (Fsp3) is 0.769. The summed E-state index contributed by atoms with van der Waals surface area (Å²) in [6.07, 6.45) is 2.11. The lowest BCUT2D eigenvalue weighted by Crippen LogP contribution is -2.47. The smallest absolute Gasteiger partial charge is 0.242 e. The minimum Gasteiger partial charge on any atom is -0.357 e. The Morgan fingerprint density at radius 1 is 1.11 bits per heavy atom.